The zero-order valence-electron chi connectivity index (χ0n) is 12.0. The van der Waals surface area contributed by atoms with Crippen molar-refractivity contribution >= 4 is 11.7 Å². The number of rotatable bonds is 6. The van der Waals surface area contributed by atoms with Crippen LogP contribution in [0.5, 0.6) is 0 Å². The van der Waals surface area contributed by atoms with Crippen LogP contribution >= 0.6 is 0 Å². The molecule has 0 aliphatic carbocycles. The minimum Gasteiger partial charge on any atom is -0.381 e. The second-order valence-electron chi connectivity index (χ2n) is 5.58. The maximum absolute atomic E-state index is 12.3. The first-order valence-electron chi connectivity index (χ1n) is 7.03. The molecular formula is C16H21NO3. The quantitative estimate of drug-likeness (QED) is 0.865. The number of nitrogens with one attached hydrogen (secondary N) is 1. The molecule has 1 N–H and O–H groups in total. The molecule has 1 aliphatic heterocycles. The number of hydrogen-bond donors (Lipinski definition) is 1. The van der Waals surface area contributed by atoms with Crippen LogP contribution in [0.1, 0.15) is 31.9 Å². The lowest BCUT2D eigenvalue weighted by molar-refractivity contribution is -0.132. The van der Waals surface area contributed by atoms with Crippen molar-refractivity contribution in [1.29, 1.82) is 0 Å². The van der Waals surface area contributed by atoms with Crippen LogP contribution in [0, 0.1) is 11.8 Å². The summed E-state index contributed by atoms with van der Waals surface area (Å²) >= 11 is 0. The van der Waals surface area contributed by atoms with Crippen molar-refractivity contribution < 1.29 is 14.3 Å². The first-order valence-corrected chi connectivity index (χ1v) is 7.03. The van der Waals surface area contributed by atoms with Gasteiger partial charge < -0.3 is 10.1 Å². The molecule has 2 rings (SSSR count). The van der Waals surface area contributed by atoms with E-state index in [9.17, 15) is 9.59 Å². The predicted octanol–water partition coefficient (Wildman–Crippen LogP) is 2.11. The lowest BCUT2D eigenvalue weighted by Gasteiger charge is -2.26. The summed E-state index contributed by atoms with van der Waals surface area (Å²) in [6, 6.07) is 8.84. The summed E-state index contributed by atoms with van der Waals surface area (Å²) < 4.78 is 5.06. The summed E-state index contributed by atoms with van der Waals surface area (Å²) in [5.74, 6) is 0.128. The molecule has 1 aromatic carbocycles. The first-order chi connectivity index (χ1) is 9.58. The summed E-state index contributed by atoms with van der Waals surface area (Å²) in [7, 11) is 0. The molecule has 1 unspecified atom stereocenters. The molecule has 1 amide bonds. The van der Waals surface area contributed by atoms with Gasteiger partial charge in [-0.1, -0.05) is 44.2 Å². The Labute approximate surface area is 119 Å². The van der Waals surface area contributed by atoms with Gasteiger partial charge in [0.25, 0.3) is 0 Å². The van der Waals surface area contributed by atoms with Crippen molar-refractivity contribution in [3.63, 3.8) is 0 Å². The summed E-state index contributed by atoms with van der Waals surface area (Å²) in [5.41, 5.74) is 0.837. The third kappa shape index (κ3) is 3.67. The highest BCUT2D eigenvalue weighted by molar-refractivity contribution is 5.91. The molecule has 1 atom stereocenters. The summed E-state index contributed by atoms with van der Waals surface area (Å²) in [6.45, 7) is 4.98. The number of ether oxygens (including phenoxy) is 1. The smallest absolute Gasteiger partial charge is 0.221 e. The van der Waals surface area contributed by atoms with Crippen LogP contribution in [0.2, 0.25) is 0 Å². The van der Waals surface area contributed by atoms with Gasteiger partial charge in [-0.15, -0.1) is 0 Å². The Kier molecular flexibility index (Phi) is 4.90. The zero-order chi connectivity index (χ0) is 14.5. The van der Waals surface area contributed by atoms with Crippen LogP contribution in [0.3, 0.4) is 0 Å². The number of benzene rings is 1. The third-order valence-corrected chi connectivity index (χ3v) is 3.47. The number of hydrogen-bond acceptors (Lipinski definition) is 3. The van der Waals surface area contributed by atoms with Crippen LogP contribution in [0.4, 0.5) is 0 Å². The molecule has 1 aromatic rings. The van der Waals surface area contributed by atoms with E-state index in [0.717, 1.165) is 5.56 Å². The van der Waals surface area contributed by atoms with E-state index in [2.05, 4.69) is 5.32 Å². The monoisotopic (exact) mass is 275 g/mol. The number of carbonyl (C=O) groups is 2. The van der Waals surface area contributed by atoms with Gasteiger partial charge >= 0.3 is 0 Å². The molecule has 1 saturated heterocycles. The van der Waals surface area contributed by atoms with Crippen LogP contribution < -0.4 is 5.32 Å². The zero-order valence-corrected chi connectivity index (χ0v) is 12.0. The molecule has 0 spiro atoms. The van der Waals surface area contributed by atoms with Gasteiger partial charge in [-0.25, -0.2) is 0 Å². The second-order valence-corrected chi connectivity index (χ2v) is 5.58. The lowest BCUT2D eigenvalue weighted by atomic mass is 9.94. The summed E-state index contributed by atoms with van der Waals surface area (Å²) in [6.07, 6.45) is 0.425. The molecule has 4 nitrogen and oxygen atoms in total. The van der Waals surface area contributed by atoms with Gasteiger partial charge in [0, 0.05) is 18.3 Å². The Morgan fingerprint density at radius 2 is 1.90 bits per heavy atom. The topological polar surface area (TPSA) is 55.4 Å². The van der Waals surface area contributed by atoms with E-state index < -0.39 is 6.04 Å². The molecule has 1 heterocycles. The molecule has 0 bridgehead atoms. The maximum atomic E-state index is 12.3. The molecule has 108 valence electrons. The molecule has 4 heteroatoms. The molecule has 0 radical (unpaired) electrons. The summed E-state index contributed by atoms with van der Waals surface area (Å²) in [5, 5.41) is 2.87. The SMILES string of the molecule is CC(C)C(=O)C(NC(=O)CC1COC1)c1ccccc1. The van der Waals surface area contributed by atoms with Crippen molar-refractivity contribution in [2.45, 2.75) is 26.3 Å². The highest BCUT2D eigenvalue weighted by Crippen LogP contribution is 2.20. The highest BCUT2D eigenvalue weighted by Gasteiger charge is 2.27. The minimum atomic E-state index is -0.551. The molecule has 1 aliphatic rings. The van der Waals surface area contributed by atoms with E-state index >= 15 is 0 Å². The predicted molar refractivity (Wildman–Crippen MR) is 76.1 cm³/mol. The van der Waals surface area contributed by atoms with Crippen LogP contribution in [-0.2, 0) is 14.3 Å². The Morgan fingerprint density at radius 1 is 1.25 bits per heavy atom. The average Bonchev–Trinajstić information content (AvgIpc) is 2.40. The Hall–Kier alpha value is -1.68. The number of amides is 1. The Morgan fingerprint density at radius 3 is 2.40 bits per heavy atom. The second kappa shape index (κ2) is 6.66. The maximum Gasteiger partial charge on any atom is 0.221 e. The van der Waals surface area contributed by atoms with Crippen LogP contribution in [-0.4, -0.2) is 24.9 Å². The van der Waals surface area contributed by atoms with E-state index in [4.69, 9.17) is 4.74 Å². The number of carbonyl (C=O) groups excluding carboxylic acids is 2. The third-order valence-electron chi connectivity index (χ3n) is 3.47. The fourth-order valence-electron chi connectivity index (χ4n) is 2.18. The normalized spacial score (nSPS) is 16.6. The van der Waals surface area contributed by atoms with E-state index in [1.165, 1.54) is 0 Å². The average molecular weight is 275 g/mol. The van der Waals surface area contributed by atoms with E-state index in [-0.39, 0.29) is 17.6 Å². The fourth-order valence-corrected chi connectivity index (χ4v) is 2.18. The van der Waals surface area contributed by atoms with Crippen LogP contribution in [0.25, 0.3) is 0 Å². The van der Waals surface area contributed by atoms with Gasteiger partial charge in [0.15, 0.2) is 5.78 Å². The Bertz CT molecular complexity index is 466. The van der Waals surface area contributed by atoms with Crippen LogP contribution in [0.15, 0.2) is 30.3 Å². The number of Topliss-reactive ketones (excluding diaryl/α,β-unsaturated/α-hetero) is 1. The van der Waals surface area contributed by atoms with Crippen molar-refractivity contribution in [2.75, 3.05) is 13.2 Å². The van der Waals surface area contributed by atoms with Gasteiger partial charge in [0.05, 0.1) is 13.2 Å². The number of ketones is 1. The summed E-state index contributed by atoms with van der Waals surface area (Å²) in [4.78, 5) is 24.3. The lowest BCUT2D eigenvalue weighted by Crippen LogP contribution is -2.39. The van der Waals surface area contributed by atoms with Gasteiger partial charge in [-0.3, -0.25) is 9.59 Å². The van der Waals surface area contributed by atoms with Gasteiger partial charge in [0.2, 0.25) is 5.91 Å². The van der Waals surface area contributed by atoms with E-state index in [1.807, 2.05) is 44.2 Å². The van der Waals surface area contributed by atoms with Gasteiger partial charge in [-0.05, 0) is 5.56 Å². The molecule has 0 saturated carbocycles. The molecule has 0 aromatic heterocycles. The van der Waals surface area contributed by atoms with Crippen molar-refractivity contribution in [1.82, 2.24) is 5.32 Å². The van der Waals surface area contributed by atoms with Crippen molar-refractivity contribution in [3.05, 3.63) is 35.9 Å². The van der Waals surface area contributed by atoms with Crippen molar-refractivity contribution in [2.24, 2.45) is 11.8 Å². The molecule has 1 fully saturated rings. The first kappa shape index (κ1) is 14.7. The van der Waals surface area contributed by atoms with E-state index in [1.54, 1.807) is 0 Å². The minimum absolute atomic E-state index is 0.0365. The molecule has 20 heavy (non-hydrogen) atoms. The Balaban J connectivity index is 2.06. The largest absolute Gasteiger partial charge is 0.381 e. The van der Waals surface area contributed by atoms with Gasteiger partial charge in [0.1, 0.15) is 6.04 Å². The van der Waals surface area contributed by atoms with Crippen molar-refractivity contribution in [3.8, 4) is 0 Å². The fraction of sp³-hybridized carbons (Fsp3) is 0.500. The standard InChI is InChI=1S/C16H21NO3/c1-11(2)16(19)15(13-6-4-3-5-7-13)17-14(18)8-12-9-20-10-12/h3-7,11-12,15H,8-10H2,1-2H3,(H,17,18). The van der Waals surface area contributed by atoms with E-state index in [0.29, 0.717) is 25.6 Å². The highest BCUT2D eigenvalue weighted by atomic mass is 16.5. The molecular weight excluding hydrogens is 254 g/mol. The van der Waals surface area contributed by atoms with Gasteiger partial charge in [-0.2, -0.15) is 0 Å².